The molecule has 1 aliphatic rings. The van der Waals surface area contributed by atoms with Gasteiger partial charge in [0, 0.05) is 24.4 Å². The van der Waals surface area contributed by atoms with Crippen molar-refractivity contribution in [1.82, 2.24) is 4.98 Å². The third kappa shape index (κ3) is 3.14. The fourth-order valence-corrected chi connectivity index (χ4v) is 2.62. The summed E-state index contributed by atoms with van der Waals surface area (Å²) in [6.45, 7) is 0.307. The number of hydrogen-bond acceptors (Lipinski definition) is 2. The van der Waals surface area contributed by atoms with Crippen molar-refractivity contribution in [3.05, 3.63) is 65.0 Å². The number of halogens is 3. The van der Waals surface area contributed by atoms with Crippen molar-refractivity contribution in [2.24, 2.45) is 5.73 Å². The van der Waals surface area contributed by atoms with Gasteiger partial charge in [-0.2, -0.15) is 13.2 Å². The van der Waals surface area contributed by atoms with Crippen molar-refractivity contribution >= 4 is 0 Å². The van der Waals surface area contributed by atoms with Crippen molar-refractivity contribution in [2.75, 3.05) is 6.54 Å². The maximum Gasteiger partial charge on any atom is 0.417 e. The van der Waals surface area contributed by atoms with E-state index >= 15 is 0 Å². The Kier molecular flexibility index (Phi) is 3.91. The van der Waals surface area contributed by atoms with E-state index in [1.165, 1.54) is 24.5 Å². The van der Waals surface area contributed by atoms with Crippen LogP contribution in [0.15, 0.2) is 42.6 Å². The fourth-order valence-electron chi connectivity index (χ4n) is 2.62. The predicted octanol–water partition coefficient (Wildman–Crippen LogP) is 4.07. The second kappa shape index (κ2) is 5.72. The third-order valence-corrected chi connectivity index (χ3v) is 4.09. The lowest BCUT2D eigenvalue weighted by Crippen LogP contribution is -2.16. The van der Waals surface area contributed by atoms with Crippen LogP contribution in [0.25, 0.3) is 0 Å². The Balaban J connectivity index is 1.83. The molecular formula is C17H17F3N2. The molecule has 1 unspecified atom stereocenters. The number of nitrogens with zero attached hydrogens (tertiary/aromatic N) is 1. The van der Waals surface area contributed by atoms with E-state index in [0.29, 0.717) is 18.2 Å². The molecule has 1 saturated carbocycles. The highest BCUT2D eigenvalue weighted by Crippen LogP contribution is 2.40. The predicted molar refractivity (Wildman–Crippen MR) is 78.6 cm³/mol. The van der Waals surface area contributed by atoms with Gasteiger partial charge >= 0.3 is 6.18 Å². The molecule has 0 saturated heterocycles. The number of alkyl halides is 3. The number of pyridine rings is 1. The van der Waals surface area contributed by atoms with E-state index in [9.17, 15) is 13.2 Å². The first-order valence-electron chi connectivity index (χ1n) is 7.32. The maximum atomic E-state index is 12.6. The van der Waals surface area contributed by atoms with Gasteiger partial charge in [0.2, 0.25) is 0 Å². The standard InChI is InChI=1S/C17H17F3N2/c18-17(19,20)14-7-8-16(22-10-14)15(9-21)13-5-3-12(4-6-13)11-1-2-11/h3-8,10-11,15H,1-2,9,21H2. The fraction of sp³-hybridized carbons (Fsp3) is 0.353. The van der Waals surface area contributed by atoms with E-state index < -0.39 is 11.7 Å². The van der Waals surface area contributed by atoms with Crippen LogP contribution in [-0.4, -0.2) is 11.5 Å². The Labute approximate surface area is 127 Å². The summed E-state index contributed by atoms with van der Waals surface area (Å²) in [6, 6.07) is 10.6. The molecule has 0 bridgehead atoms. The molecule has 0 radical (unpaired) electrons. The molecule has 2 nitrogen and oxygen atoms in total. The van der Waals surface area contributed by atoms with Gasteiger partial charge in [0.05, 0.1) is 5.56 Å². The highest BCUT2D eigenvalue weighted by atomic mass is 19.4. The van der Waals surface area contributed by atoms with Crippen LogP contribution >= 0.6 is 0 Å². The van der Waals surface area contributed by atoms with Gasteiger partial charge < -0.3 is 5.73 Å². The summed E-state index contributed by atoms with van der Waals surface area (Å²) in [5.41, 5.74) is 7.94. The van der Waals surface area contributed by atoms with Gasteiger partial charge in [-0.1, -0.05) is 24.3 Å². The average molecular weight is 306 g/mol. The topological polar surface area (TPSA) is 38.9 Å². The Morgan fingerprint density at radius 1 is 1.09 bits per heavy atom. The van der Waals surface area contributed by atoms with E-state index in [1.807, 2.05) is 12.1 Å². The minimum absolute atomic E-state index is 0.185. The lowest BCUT2D eigenvalue weighted by atomic mass is 9.93. The smallest absolute Gasteiger partial charge is 0.329 e. The zero-order valence-electron chi connectivity index (χ0n) is 12.0. The van der Waals surface area contributed by atoms with Gasteiger partial charge in [0.15, 0.2) is 0 Å². The normalized spacial score (nSPS) is 16.5. The van der Waals surface area contributed by atoms with Crippen LogP contribution in [0.3, 0.4) is 0 Å². The molecule has 2 aromatic rings. The highest BCUT2D eigenvalue weighted by molar-refractivity contribution is 5.34. The zero-order valence-corrected chi connectivity index (χ0v) is 12.0. The number of nitrogens with two attached hydrogens (primary N) is 1. The van der Waals surface area contributed by atoms with E-state index in [4.69, 9.17) is 5.73 Å². The van der Waals surface area contributed by atoms with Crippen molar-refractivity contribution in [1.29, 1.82) is 0 Å². The summed E-state index contributed by atoms with van der Waals surface area (Å²) in [7, 11) is 0. The Hall–Kier alpha value is -1.88. The van der Waals surface area contributed by atoms with Gasteiger partial charge in [0.1, 0.15) is 0 Å². The number of benzene rings is 1. The molecule has 1 aliphatic carbocycles. The summed E-state index contributed by atoms with van der Waals surface area (Å²) in [6.07, 6.45) is -1.02. The van der Waals surface area contributed by atoms with Crippen LogP contribution in [0.1, 0.15) is 47.1 Å². The minimum Gasteiger partial charge on any atom is -0.329 e. The molecule has 0 aliphatic heterocycles. The van der Waals surface area contributed by atoms with Crippen LogP contribution in [0.2, 0.25) is 0 Å². The van der Waals surface area contributed by atoms with Crippen molar-refractivity contribution < 1.29 is 13.2 Å². The molecule has 1 aromatic carbocycles. The molecule has 1 aromatic heterocycles. The molecule has 3 rings (SSSR count). The third-order valence-electron chi connectivity index (χ3n) is 4.09. The number of hydrogen-bond donors (Lipinski definition) is 1. The average Bonchev–Trinajstić information content (AvgIpc) is 3.33. The van der Waals surface area contributed by atoms with Crippen LogP contribution < -0.4 is 5.73 Å². The summed E-state index contributed by atoms with van der Waals surface area (Å²) in [5.74, 6) is 0.491. The molecule has 5 heteroatoms. The number of aromatic nitrogens is 1. The van der Waals surface area contributed by atoms with Crippen molar-refractivity contribution in [3.8, 4) is 0 Å². The molecule has 22 heavy (non-hydrogen) atoms. The van der Waals surface area contributed by atoms with E-state index in [1.54, 1.807) is 0 Å². The first-order valence-corrected chi connectivity index (χ1v) is 7.32. The van der Waals surface area contributed by atoms with Crippen LogP contribution in [-0.2, 0) is 6.18 Å². The molecule has 2 N–H and O–H groups in total. The number of rotatable bonds is 4. The largest absolute Gasteiger partial charge is 0.417 e. The second-order valence-electron chi connectivity index (χ2n) is 5.70. The maximum absolute atomic E-state index is 12.6. The molecule has 1 atom stereocenters. The summed E-state index contributed by atoms with van der Waals surface area (Å²) >= 11 is 0. The van der Waals surface area contributed by atoms with E-state index in [0.717, 1.165) is 17.8 Å². The lowest BCUT2D eigenvalue weighted by Gasteiger charge is -2.16. The lowest BCUT2D eigenvalue weighted by molar-refractivity contribution is -0.137. The van der Waals surface area contributed by atoms with E-state index in [-0.39, 0.29) is 5.92 Å². The SMILES string of the molecule is NCC(c1ccc(C2CC2)cc1)c1ccc(C(F)(F)F)cn1. The molecule has 1 fully saturated rings. The van der Waals surface area contributed by atoms with Crippen molar-refractivity contribution in [2.45, 2.75) is 30.9 Å². The summed E-state index contributed by atoms with van der Waals surface area (Å²) in [5, 5.41) is 0. The molecule has 0 amide bonds. The zero-order chi connectivity index (χ0) is 15.7. The monoisotopic (exact) mass is 306 g/mol. The van der Waals surface area contributed by atoms with Crippen LogP contribution in [0, 0.1) is 0 Å². The first-order chi connectivity index (χ1) is 10.5. The summed E-state index contributed by atoms with van der Waals surface area (Å²) < 4.78 is 37.8. The van der Waals surface area contributed by atoms with Crippen molar-refractivity contribution in [3.63, 3.8) is 0 Å². The molecule has 0 spiro atoms. The van der Waals surface area contributed by atoms with Gasteiger partial charge in [0.25, 0.3) is 0 Å². The second-order valence-corrected chi connectivity index (χ2v) is 5.70. The Bertz CT molecular complexity index is 628. The first kappa shape index (κ1) is 15.0. The Morgan fingerprint density at radius 3 is 2.23 bits per heavy atom. The van der Waals surface area contributed by atoms with Gasteiger partial charge in [-0.25, -0.2) is 0 Å². The van der Waals surface area contributed by atoms with Gasteiger partial charge in [-0.05, 0) is 42.0 Å². The summed E-state index contributed by atoms with van der Waals surface area (Å²) in [4.78, 5) is 3.96. The molecule has 1 heterocycles. The van der Waals surface area contributed by atoms with Gasteiger partial charge in [-0.15, -0.1) is 0 Å². The van der Waals surface area contributed by atoms with E-state index in [2.05, 4.69) is 17.1 Å². The highest BCUT2D eigenvalue weighted by Gasteiger charge is 2.31. The minimum atomic E-state index is -4.37. The van der Waals surface area contributed by atoms with Gasteiger partial charge in [-0.3, -0.25) is 4.98 Å². The molecule has 116 valence electrons. The quantitative estimate of drug-likeness (QED) is 0.925. The molecular weight excluding hydrogens is 289 g/mol. The van der Waals surface area contributed by atoms with Crippen LogP contribution in [0.4, 0.5) is 13.2 Å². The van der Waals surface area contributed by atoms with Crippen LogP contribution in [0.5, 0.6) is 0 Å². The Morgan fingerprint density at radius 2 is 1.77 bits per heavy atom.